The largest absolute Gasteiger partial charge is 0.273 e. The molecular weight excluding hydrogens is 333 g/mol. The predicted octanol–water partition coefficient (Wildman–Crippen LogP) is 3.88. The molecule has 1 aromatic heterocycles. The number of benzene rings is 1. The minimum atomic E-state index is -3.63. The maximum Gasteiger partial charge on any atom is 0.273 e. The highest BCUT2D eigenvalue weighted by atomic mass is 35.5. The second-order valence-corrected chi connectivity index (χ2v) is 7.94. The molecule has 1 heterocycles. The number of sulfonamides is 1. The molecule has 2 aromatic rings. The van der Waals surface area contributed by atoms with Crippen LogP contribution in [0.4, 0.5) is 10.1 Å². The summed E-state index contributed by atoms with van der Waals surface area (Å²) < 4.78 is 39.9. The van der Waals surface area contributed by atoms with Gasteiger partial charge in [-0.15, -0.1) is 22.9 Å². The van der Waals surface area contributed by atoms with E-state index in [0.717, 1.165) is 4.88 Å². The Bertz CT molecular complexity index is 698. The van der Waals surface area contributed by atoms with Gasteiger partial charge in [-0.05, 0) is 49.7 Å². The van der Waals surface area contributed by atoms with Crippen molar-refractivity contribution in [2.24, 2.45) is 0 Å². The maximum atomic E-state index is 13.0. The van der Waals surface area contributed by atoms with Crippen LogP contribution in [0.25, 0.3) is 0 Å². The van der Waals surface area contributed by atoms with E-state index in [1.165, 1.54) is 39.9 Å². The van der Waals surface area contributed by atoms with Crippen LogP contribution >= 0.6 is 22.9 Å². The zero-order valence-electron chi connectivity index (χ0n) is 11.4. The summed E-state index contributed by atoms with van der Waals surface area (Å²) in [6.45, 7) is 2.02. The molecule has 0 saturated heterocycles. The van der Waals surface area contributed by atoms with Gasteiger partial charge >= 0.3 is 0 Å². The van der Waals surface area contributed by atoms with Gasteiger partial charge in [-0.3, -0.25) is 4.31 Å². The third-order valence-corrected chi connectivity index (χ3v) is 6.63. The van der Waals surface area contributed by atoms with Gasteiger partial charge in [0, 0.05) is 17.3 Å². The Morgan fingerprint density at radius 2 is 1.86 bits per heavy atom. The zero-order valence-corrected chi connectivity index (χ0v) is 13.8. The summed E-state index contributed by atoms with van der Waals surface area (Å²) in [5, 5.41) is 0. The molecule has 0 aliphatic rings. The van der Waals surface area contributed by atoms with E-state index in [4.69, 9.17) is 11.6 Å². The van der Waals surface area contributed by atoms with Crippen LogP contribution in [0, 0.1) is 5.82 Å². The molecule has 3 nitrogen and oxygen atoms in total. The molecule has 0 fully saturated rings. The maximum absolute atomic E-state index is 13.0. The van der Waals surface area contributed by atoms with E-state index >= 15 is 0 Å². The van der Waals surface area contributed by atoms with Crippen molar-refractivity contribution in [1.82, 2.24) is 0 Å². The van der Waals surface area contributed by atoms with Crippen LogP contribution in [0.1, 0.15) is 11.8 Å². The smallest absolute Gasteiger partial charge is 0.266 e. The molecule has 0 amide bonds. The Morgan fingerprint density at radius 3 is 2.43 bits per heavy atom. The average Bonchev–Trinajstić information content (AvgIpc) is 2.91. The van der Waals surface area contributed by atoms with Gasteiger partial charge in [0.05, 0.1) is 5.69 Å². The number of thiophene rings is 1. The Hall–Kier alpha value is -1.11. The number of nitrogens with zero attached hydrogens (tertiary/aromatic N) is 1. The molecule has 0 radical (unpaired) electrons. The summed E-state index contributed by atoms with van der Waals surface area (Å²) in [6, 6.07) is 8.79. The van der Waals surface area contributed by atoms with Crippen LogP contribution < -0.4 is 4.31 Å². The standard InChI is InChI=1S/C14H15ClFNO2S2/c1-2-17(12-5-3-11(16)4-6-12)21(18,19)14-8-7-13(20-14)9-10-15/h3-8H,2,9-10H2,1H3. The fourth-order valence-electron chi connectivity index (χ4n) is 1.93. The molecule has 114 valence electrons. The lowest BCUT2D eigenvalue weighted by Crippen LogP contribution is -2.30. The van der Waals surface area contributed by atoms with E-state index in [1.807, 2.05) is 0 Å². The van der Waals surface area contributed by atoms with Crippen LogP contribution in [-0.2, 0) is 16.4 Å². The van der Waals surface area contributed by atoms with Crippen molar-refractivity contribution in [2.45, 2.75) is 17.6 Å². The first-order valence-corrected chi connectivity index (χ1v) is 9.21. The summed E-state index contributed by atoms with van der Waals surface area (Å²) in [6.07, 6.45) is 0.643. The van der Waals surface area contributed by atoms with Gasteiger partial charge in [-0.1, -0.05) is 0 Å². The van der Waals surface area contributed by atoms with E-state index in [9.17, 15) is 12.8 Å². The zero-order chi connectivity index (χ0) is 15.5. The summed E-state index contributed by atoms with van der Waals surface area (Å²) in [5.41, 5.74) is 0.450. The summed E-state index contributed by atoms with van der Waals surface area (Å²) >= 11 is 6.89. The van der Waals surface area contributed by atoms with Crippen molar-refractivity contribution in [1.29, 1.82) is 0 Å². The number of aryl methyl sites for hydroxylation is 1. The van der Waals surface area contributed by atoms with Crippen molar-refractivity contribution in [3.8, 4) is 0 Å². The number of hydrogen-bond donors (Lipinski definition) is 0. The van der Waals surface area contributed by atoms with Crippen molar-refractivity contribution in [2.75, 3.05) is 16.7 Å². The first kappa shape index (κ1) is 16.3. The van der Waals surface area contributed by atoms with E-state index in [-0.39, 0.29) is 10.8 Å². The van der Waals surface area contributed by atoms with Gasteiger partial charge in [0.15, 0.2) is 0 Å². The van der Waals surface area contributed by atoms with Crippen LogP contribution in [0.3, 0.4) is 0 Å². The number of halogens is 2. The van der Waals surface area contributed by atoms with E-state index < -0.39 is 15.8 Å². The lowest BCUT2D eigenvalue weighted by Gasteiger charge is -2.21. The Morgan fingerprint density at radius 1 is 1.19 bits per heavy atom. The van der Waals surface area contributed by atoms with Crippen LogP contribution in [0.15, 0.2) is 40.6 Å². The molecular formula is C14H15ClFNO2S2. The van der Waals surface area contributed by atoms with Crippen LogP contribution in [0.2, 0.25) is 0 Å². The highest BCUT2D eigenvalue weighted by Crippen LogP contribution is 2.29. The van der Waals surface area contributed by atoms with Crippen molar-refractivity contribution in [3.63, 3.8) is 0 Å². The van der Waals surface area contributed by atoms with E-state index in [2.05, 4.69) is 0 Å². The van der Waals surface area contributed by atoms with Gasteiger partial charge in [0.25, 0.3) is 10.0 Å². The molecule has 0 atom stereocenters. The van der Waals surface area contributed by atoms with Gasteiger partial charge in [0.2, 0.25) is 0 Å². The highest BCUT2D eigenvalue weighted by molar-refractivity contribution is 7.94. The second-order valence-electron chi connectivity index (χ2n) is 4.31. The fraction of sp³-hybridized carbons (Fsp3) is 0.286. The lowest BCUT2D eigenvalue weighted by molar-refractivity contribution is 0.593. The molecule has 2 rings (SSSR count). The highest BCUT2D eigenvalue weighted by Gasteiger charge is 2.25. The number of alkyl halides is 1. The van der Waals surface area contributed by atoms with Crippen molar-refractivity contribution >= 4 is 38.6 Å². The normalized spacial score (nSPS) is 11.6. The number of hydrogen-bond acceptors (Lipinski definition) is 3. The molecule has 0 bridgehead atoms. The summed E-state index contributed by atoms with van der Waals surface area (Å²) in [5.74, 6) is 0.0582. The Kier molecular flexibility index (Phi) is 5.24. The molecule has 0 saturated carbocycles. The predicted molar refractivity (Wildman–Crippen MR) is 85.3 cm³/mol. The third-order valence-electron chi connectivity index (χ3n) is 2.92. The lowest BCUT2D eigenvalue weighted by atomic mass is 10.3. The first-order chi connectivity index (χ1) is 9.98. The van der Waals surface area contributed by atoms with Gasteiger partial charge in [-0.2, -0.15) is 0 Å². The molecule has 0 aliphatic carbocycles. The van der Waals surface area contributed by atoms with Crippen LogP contribution in [-0.4, -0.2) is 20.8 Å². The molecule has 21 heavy (non-hydrogen) atoms. The molecule has 0 spiro atoms. The molecule has 7 heteroatoms. The minimum Gasteiger partial charge on any atom is -0.266 e. The second kappa shape index (κ2) is 6.77. The van der Waals surface area contributed by atoms with Crippen LogP contribution in [0.5, 0.6) is 0 Å². The van der Waals surface area contributed by atoms with Crippen molar-refractivity contribution < 1.29 is 12.8 Å². The molecule has 0 N–H and O–H groups in total. The fourth-order valence-corrected chi connectivity index (χ4v) is 5.19. The minimum absolute atomic E-state index is 0.272. The summed E-state index contributed by atoms with van der Waals surface area (Å²) in [7, 11) is -3.63. The van der Waals surface area contributed by atoms with E-state index in [1.54, 1.807) is 19.1 Å². The Labute approximate surface area is 133 Å². The quantitative estimate of drug-likeness (QED) is 0.743. The molecule has 0 unspecified atom stereocenters. The van der Waals surface area contributed by atoms with Crippen molar-refractivity contribution in [3.05, 3.63) is 47.1 Å². The van der Waals surface area contributed by atoms with E-state index in [0.29, 0.717) is 18.0 Å². The third kappa shape index (κ3) is 3.56. The molecule has 1 aromatic carbocycles. The van der Waals surface area contributed by atoms with Gasteiger partial charge in [-0.25, -0.2) is 12.8 Å². The van der Waals surface area contributed by atoms with Gasteiger partial charge < -0.3 is 0 Å². The monoisotopic (exact) mass is 347 g/mol. The number of rotatable bonds is 6. The molecule has 0 aliphatic heterocycles. The SMILES string of the molecule is CCN(c1ccc(F)cc1)S(=O)(=O)c1ccc(CCCl)s1. The Balaban J connectivity index is 2.36. The van der Waals surface area contributed by atoms with Gasteiger partial charge in [0.1, 0.15) is 10.0 Å². The topological polar surface area (TPSA) is 37.4 Å². The summed E-state index contributed by atoms with van der Waals surface area (Å²) in [4.78, 5) is 0.929. The number of anilines is 1. The average molecular weight is 348 g/mol. The first-order valence-electron chi connectivity index (χ1n) is 6.42.